The topological polar surface area (TPSA) is 0 Å². The molecule has 0 aromatic heterocycles. The number of allylic oxidation sites excluding steroid dienone is 2. The minimum absolute atomic E-state index is 0.545. The van der Waals surface area contributed by atoms with Crippen LogP contribution in [0, 0.1) is 34.5 Å². The van der Waals surface area contributed by atoms with E-state index in [2.05, 4.69) is 53.7 Å². The highest BCUT2D eigenvalue weighted by molar-refractivity contribution is 5.09. The van der Waals surface area contributed by atoms with E-state index in [0.717, 1.165) is 23.7 Å². The molecular weight excluding hydrogens is 240 g/mol. The fourth-order valence-corrected chi connectivity index (χ4v) is 5.40. The van der Waals surface area contributed by atoms with Gasteiger partial charge in [-0.25, -0.2) is 0 Å². The molecule has 0 heterocycles. The summed E-state index contributed by atoms with van der Waals surface area (Å²) in [4.78, 5) is 0. The normalized spacial score (nSPS) is 42.4. The lowest BCUT2D eigenvalue weighted by molar-refractivity contribution is -0.0768. The van der Waals surface area contributed by atoms with Gasteiger partial charge in [-0.15, -0.1) is 0 Å². The molecule has 116 valence electrons. The maximum absolute atomic E-state index is 2.62. The first-order valence-electron chi connectivity index (χ1n) is 8.99. The van der Waals surface area contributed by atoms with Crippen molar-refractivity contribution >= 4 is 0 Å². The van der Waals surface area contributed by atoms with Crippen molar-refractivity contribution in [3.63, 3.8) is 0 Å². The van der Waals surface area contributed by atoms with E-state index in [1.54, 1.807) is 0 Å². The Balaban J connectivity index is 2.26. The Morgan fingerprint density at radius 3 is 2.50 bits per heavy atom. The quantitative estimate of drug-likeness (QED) is 0.518. The third kappa shape index (κ3) is 2.85. The van der Waals surface area contributed by atoms with Crippen molar-refractivity contribution in [2.24, 2.45) is 34.5 Å². The lowest BCUT2D eigenvalue weighted by atomic mass is 9.46. The molecule has 0 N–H and O–H groups in total. The smallest absolute Gasteiger partial charge is 0.0151 e. The summed E-state index contributed by atoms with van der Waals surface area (Å²) in [5.74, 6) is 3.33. The van der Waals surface area contributed by atoms with E-state index in [4.69, 9.17) is 0 Å². The molecule has 0 unspecified atom stereocenters. The number of rotatable bonds is 3. The van der Waals surface area contributed by atoms with Gasteiger partial charge in [-0.1, -0.05) is 66.5 Å². The Bertz CT molecular complexity index is 351. The molecular formula is C20H36. The Morgan fingerprint density at radius 1 is 1.15 bits per heavy atom. The van der Waals surface area contributed by atoms with Gasteiger partial charge < -0.3 is 0 Å². The van der Waals surface area contributed by atoms with E-state index in [1.807, 2.05) is 0 Å². The van der Waals surface area contributed by atoms with Gasteiger partial charge in [0.2, 0.25) is 0 Å². The van der Waals surface area contributed by atoms with Crippen LogP contribution in [0.5, 0.6) is 0 Å². The van der Waals surface area contributed by atoms with Gasteiger partial charge in [-0.2, -0.15) is 0 Å². The van der Waals surface area contributed by atoms with Crippen LogP contribution in [0.25, 0.3) is 0 Å². The van der Waals surface area contributed by atoms with Crippen LogP contribution in [-0.4, -0.2) is 0 Å². The van der Waals surface area contributed by atoms with Crippen molar-refractivity contribution in [3.05, 3.63) is 12.2 Å². The van der Waals surface area contributed by atoms with E-state index in [1.165, 1.54) is 38.5 Å². The van der Waals surface area contributed by atoms with Gasteiger partial charge in [0.05, 0.1) is 0 Å². The molecule has 2 aliphatic carbocycles. The molecule has 0 bridgehead atoms. The maximum Gasteiger partial charge on any atom is -0.0151 e. The van der Waals surface area contributed by atoms with Crippen LogP contribution in [0.15, 0.2) is 12.2 Å². The van der Waals surface area contributed by atoms with Crippen LogP contribution in [-0.2, 0) is 0 Å². The molecule has 0 heteroatoms. The molecule has 0 nitrogen and oxygen atoms in total. The first-order chi connectivity index (χ1) is 9.31. The molecule has 0 saturated heterocycles. The van der Waals surface area contributed by atoms with E-state index in [9.17, 15) is 0 Å². The van der Waals surface area contributed by atoms with Crippen LogP contribution in [0.4, 0.5) is 0 Å². The minimum atomic E-state index is 0.545. The van der Waals surface area contributed by atoms with E-state index >= 15 is 0 Å². The Labute approximate surface area is 127 Å². The maximum atomic E-state index is 2.62. The molecule has 2 saturated carbocycles. The van der Waals surface area contributed by atoms with Crippen molar-refractivity contribution in [1.82, 2.24) is 0 Å². The molecule has 0 amide bonds. The van der Waals surface area contributed by atoms with Gasteiger partial charge in [-0.3, -0.25) is 0 Å². The minimum Gasteiger partial charge on any atom is -0.0854 e. The van der Waals surface area contributed by atoms with Gasteiger partial charge in [0.1, 0.15) is 0 Å². The summed E-state index contributed by atoms with van der Waals surface area (Å²) in [5.41, 5.74) is 1.10. The lowest BCUT2D eigenvalue weighted by Gasteiger charge is -2.58. The number of fused-ring (bicyclic) bond motifs is 1. The zero-order valence-corrected chi connectivity index (χ0v) is 14.7. The molecule has 0 aliphatic heterocycles. The Kier molecular flexibility index (Phi) is 4.72. The Hall–Kier alpha value is -0.260. The zero-order valence-electron chi connectivity index (χ0n) is 14.7. The number of hydrogen-bond donors (Lipinski definition) is 0. The standard InChI is InChI=1S/C20H36/c1-7-15(2)9-11-17-16(3)10-12-18-19(4,5)13-8-14-20(17,18)6/h9,11,15-18H,7-8,10,12-14H2,1-6H3/b11-9-/t15-,16+,17+,18+,20-/m1/s1. The molecule has 0 aromatic rings. The highest BCUT2D eigenvalue weighted by atomic mass is 14.6. The van der Waals surface area contributed by atoms with Crippen molar-refractivity contribution in [1.29, 1.82) is 0 Å². The summed E-state index contributed by atoms with van der Waals surface area (Å²) in [6.07, 6.45) is 13.6. The summed E-state index contributed by atoms with van der Waals surface area (Å²) >= 11 is 0. The molecule has 5 atom stereocenters. The largest absolute Gasteiger partial charge is 0.0854 e. The van der Waals surface area contributed by atoms with Gasteiger partial charge in [-0.05, 0) is 60.2 Å². The fourth-order valence-electron chi connectivity index (χ4n) is 5.40. The van der Waals surface area contributed by atoms with Crippen molar-refractivity contribution in [2.45, 2.75) is 80.1 Å². The fraction of sp³-hybridized carbons (Fsp3) is 0.900. The first kappa shape index (κ1) is 16.1. The third-order valence-corrected chi connectivity index (χ3v) is 6.85. The zero-order chi connectivity index (χ0) is 15.0. The summed E-state index contributed by atoms with van der Waals surface area (Å²) in [6, 6.07) is 0. The SMILES string of the molecule is CC[C@@H](C)/C=C\[C@H]1[C@@H](C)CC[C@H]2C(C)(C)CCC[C@]12C. The van der Waals surface area contributed by atoms with Gasteiger partial charge in [0.25, 0.3) is 0 Å². The second-order valence-corrected chi connectivity index (χ2v) is 8.75. The van der Waals surface area contributed by atoms with Crippen molar-refractivity contribution in [2.75, 3.05) is 0 Å². The number of hydrogen-bond acceptors (Lipinski definition) is 0. The molecule has 2 fully saturated rings. The van der Waals surface area contributed by atoms with Crippen molar-refractivity contribution < 1.29 is 0 Å². The lowest BCUT2D eigenvalue weighted by Crippen LogP contribution is -2.50. The Morgan fingerprint density at radius 2 is 1.85 bits per heavy atom. The van der Waals surface area contributed by atoms with Crippen LogP contribution in [0.2, 0.25) is 0 Å². The van der Waals surface area contributed by atoms with E-state index < -0.39 is 0 Å². The molecule has 0 radical (unpaired) electrons. The summed E-state index contributed by atoms with van der Waals surface area (Å²) in [7, 11) is 0. The highest BCUT2D eigenvalue weighted by Gasteiger charge is 2.52. The molecule has 2 aliphatic rings. The summed E-state index contributed by atoms with van der Waals surface area (Å²) in [5, 5.41) is 0. The monoisotopic (exact) mass is 276 g/mol. The highest BCUT2D eigenvalue weighted by Crippen LogP contribution is 2.61. The first-order valence-corrected chi connectivity index (χ1v) is 8.99. The van der Waals surface area contributed by atoms with Gasteiger partial charge >= 0.3 is 0 Å². The second-order valence-electron chi connectivity index (χ2n) is 8.75. The predicted octanol–water partition coefficient (Wildman–Crippen LogP) is 6.47. The molecule has 2 rings (SSSR count). The summed E-state index contributed by atoms with van der Waals surface area (Å²) in [6.45, 7) is 14.8. The summed E-state index contributed by atoms with van der Waals surface area (Å²) < 4.78 is 0. The van der Waals surface area contributed by atoms with Gasteiger partial charge in [0.15, 0.2) is 0 Å². The molecule has 0 aromatic carbocycles. The van der Waals surface area contributed by atoms with Crippen LogP contribution in [0.3, 0.4) is 0 Å². The average Bonchev–Trinajstić information content (AvgIpc) is 2.36. The van der Waals surface area contributed by atoms with E-state index in [-0.39, 0.29) is 0 Å². The van der Waals surface area contributed by atoms with E-state index in [0.29, 0.717) is 10.8 Å². The predicted molar refractivity (Wildman–Crippen MR) is 89.7 cm³/mol. The van der Waals surface area contributed by atoms with Crippen molar-refractivity contribution in [3.8, 4) is 0 Å². The van der Waals surface area contributed by atoms with Crippen LogP contribution >= 0.6 is 0 Å². The second kappa shape index (κ2) is 5.85. The molecule has 0 spiro atoms. The average molecular weight is 277 g/mol. The van der Waals surface area contributed by atoms with Gasteiger partial charge in [0, 0.05) is 0 Å². The molecule has 20 heavy (non-hydrogen) atoms. The van der Waals surface area contributed by atoms with Crippen LogP contribution in [0.1, 0.15) is 80.1 Å². The third-order valence-electron chi connectivity index (χ3n) is 6.85. The van der Waals surface area contributed by atoms with Crippen LogP contribution < -0.4 is 0 Å².